The Balaban J connectivity index is 1.54. The second kappa shape index (κ2) is 5.36. The minimum absolute atomic E-state index is 0.590. The van der Waals surface area contributed by atoms with Gasteiger partial charge in [-0.05, 0) is 24.5 Å². The maximum absolute atomic E-state index is 4.35. The van der Waals surface area contributed by atoms with Gasteiger partial charge in [-0.2, -0.15) is 5.10 Å². The summed E-state index contributed by atoms with van der Waals surface area (Å²) < 4.78 is 2.11. The Morgan fingerprint density at radius 1 is 1.06 bits per heavy atom. The molecule has 0 aliphatic carbocycles. The molecule has 1 aromatic heterocycles. The molecule has 1 fully saturated rings. The van der Waals surface area contributed by atoms with E-state index < -0.39 is 0 Å². The molecule has 2 aromatic rings. The van der Waals surface area contributed by atoms with E-state index in [2.05, 4.69) is 51.2 Å². The Morgan fingerprint density at radius 2 is 1.83 bits per heavy atom. The number of piperidine rings is 1. The van der Waals surface area contributed by atoms with E-state index in [-0.39, 0.29) is 0 Å². The Bertz CT molecular complexity index is 456. The van der Waals surface area contributed by atoms with E-state index in [9.17, 15) is 0 Å². The van der Waals surface area contributed by atoms with Crippen molar-refractivity contribution in [1.82, 2.24) is 14.7 Å². The van der Waals surface area contributed by atoms with Crippen molar-refractivity contribution in [2.24, 2.45) is 0 Å². The largest absolute Gasteiger partial charge is 0.299 e. The fourth-order valence-corrected chi connectivity index (χ4v) is 2.68. The summed E-state index contributed by atoms with van der Waals surface area (Å²) in [7, 11) is 0. The van der Waals surface area contributed by atoms with Crippen molar-refractivity contribution >= 4 is 0 Å². The molecule has 3 nitrogen and oxygen atoms in total. The normalized spacial score (nSPS) is 18.0. The van der Waals surface area contributed by atoms with Crippen LogP contribution in [0.25, 0.3) is 0 Å². The number of nitrogens with zero attached hydrogens (tertiary/aromatic N) is 3. The molecule has 0 saturated carbocycles. The average Bonchev–Trinajstić information content (AvgIpc) is 2.95. The Morgan fingerprint density at radius 3 is 2.50 bits per heavy atom. The maximum atomic E-state index is 4.35. The van der Waals surface area contributed by atoms with Crippen LogP contribution in [0.15, 0.2) is 48.8 Å². The predicted octanol–water partition coefficient (Wildman–Crippen LogP) is 2.72. The maximum Gasteiger partial charge on any atom is 0.0543 e. The monoisotopic (exact) mass is 241 g/mol. The summed E-state index contributed by atoms with van der Waals surface area (Å²) in [5.41, 5.74) is 1.41. The summed E-state index contributed by atoms with van der Waals surface area (Å²) in [5, 5.41) is 4.35. The van der Waals surface area contributed by atoms with Crippen LogP contribution in [0.5, 0.6) is 0 Å². The van der Waals surface area contributed by atoms with Crippen molar-refractivity contribution in [1.29, 1.82) is 0 Å². The molecule has 94 valence electrons. The molecule has 1 aliphatic rings. The van der Waals surface area contributed by atoms with Gasteiger partial charge in [0, 0.05) is 32.0 Å². The van der Waals surface area contributed by atoms with E-state index >= 15 is 0 Å². The molecule has 0 radical (unpaired) electrons. The summed E-state index contributed by atoms with van der Waals surface area (Å²) in [5.74, 6) is 0. The molecule has 0 atom stereocenters. The highest BCUT2D eigenvalue weighted by Crippen LogP contribution is 2.22. The first-order valence-electron chi connectivity index (χ1n) is 6.67. The molecule has 3 heteroatoms. The van der Waals surface area contributed by atoms with Crippen molar-refractivity contribution in [2.45, 2.75) is 25.4 Å². The lowest BCUT2D eigenvalue weighted by Crippen LogP contribution is -2.34. The third-order valence-corrected chi connectivity index (χ3v) is 3.71. The number of aromatic nitrogens is 2. The molecule has 0 amide bonds. The standard InChI is InChI=1S/C15H19N3/c1-2-5-14(6-3-1)13-17-11-7-15(8-12-17)18-10-4-9-16-18/h1-6,9-10,15H,7-8,11-13H2. The van der Waals surface area contributed by atoms with E-state index in [0.717, 1.165) is 6.54 Å². The van der Waals surface area contributed by atoms with Crippen molar-refractivity contribution in [3.8, 4) is 0 Å². The smallest absolute Gasteiger partial charge is 0.0543 e. The van der Waals surface area contributed by atoms with Gasteiger partial charge in [0.2, 0.25) is 0 Å². The molecule has 0 spiro atoms. The third kappa shape index (κ3) is 2.62. The molecule has 0 N–H and O–H groups in total. The van der Waals surface area contributed by atoms with Crippen LogP contribution < -0.4 is 0 Å². The first-order chi connectivity index (χ1) is 8.92. The third-order valence-electron chi connectivity index (χ3n) is 3.71. The van der Waals surface area contributed by atoms with E-state index in [1.807, 2.05) is 12.3 Å². The van der Waals surface area contributed by atoms with Crippen molar-refractivity contribution in [3.05, 3.63) is 54.4 Å². The number of likely N-dealkylation sites (tertiary alicyclic amines) is 1. The zero-order chi connectivity index (χ0) is 12.2. The van der Waals surface area contributed by atoms with Gasteiger partial charge in [-0.3, -0.25) is 9.58 Å². The minimum atomic E-state index is 0.590. The first-order valence-corrected chi connectivity index (χ1v) is 6.67. The van der Waals surface area contributed by atoms with E-state index in [0.29, 0.717) is 6.04 Å². The molecular formula is C15H19N3. The predicted molar refractivity (Wildman–Crippen MR) is 72.2 cm³/mol. The molecule has 1 saturated heterocycles. The van der Waals surface area contributed by atoms with Gasteiger partial charge < -0.3 is 0 Å². The van der Waals surface area contributed by atoms with Crippen LogP contribution in [0.2, 0.25) is 0 Å². The zero-order valence-corrected chi connectivity index (χ0v) is 10.6. The van der Waals surface area contributed by atoms with Crippen LogP contribution in [-0.2, 0) is 6.54 Å². The van der Waals surface area contributed by atoms with Crippen molar-refractivity contribution in [2.75, 3.05) is 13.1 Å². The highest BCUT2D eigenvalue weighted by atomic mass is 15.3. The lowest BCUT2D eigenvalue weighted by atomic mass is 10.0. The molecule has 1 aliphatic heterocycles. The van der Waals surface area contributed by atoms with E-state index in [4.69, 9.17) is 0 Å². The van der Waals surface area contributed by atoms with Crippen LogP contribution in [0.1, 0.15) is 24.4 Å². The first kappa shape index (κ1) is 11.5. The fraction of sp³-hybridized carbons (Fsp3) is 0.400. The van der Waals surface area contributed by atoms with Crippen molar-refractivity contribution < 1.29 is 0 Å². The molecule has 0 bridgehead atoms. The second-order valence-electron chi connectivity index (χ2n) is 4.98. The summed E-state index contributed by atoms with van der Waals surface area (Å²) in [6, 6.07) is 13.3. The van der Waals surface area contributed by atoms with Gasteiger partial charge in [0.25, 0.3) is 0 Å². The molecule has 1 aromatic carbocycles. The summed E-state index contributed by atoms with van der Waals surface area (Å²) in [4.78, 5) is 2.54. The number of rotatable bonds is 3. The van der Waals surface area contributed by atoms with Gasteiger partial charge in [-0.15, -0.1) is 0 Å². The summed E-state index contributed by atoms with van der Waals surface area (Å²) in [6.45, 7) is 3.41. The van der Waals surface area contributed by atoms with Crippen LogP contribution in [0, 0.1) is 0 Å². The van der Waals surface area contributed by atoms with E-state index in [1.165, 1.54) is 31.5 Å². The van der Waals surface area contributed by atoms with Crippen LogP contribution in [-0.4, -0.2) is 27.8 Å². The summed E-state index contributed by atoms with van der Waals surface area (Å²) >= 11 is 0. The Labute approximate surface area is 108 Å². The summed E-state index contributed by atoms with van der Waals surface area (Å²) in [6.07, 6.45) is 6.36. The quantitative estimate of drug-likeness (QED) is 0.824. The molecule has 0 unspecified atom stereocenters. The van der Waals surface area contributed by atoms with Crippen molar-refractivity contribution in [3.63, 3.8) is 0 Å². The molecule has 3 rings (SSSR count). The second-order valence-corrected chi connectivity index (χ2v) is 4.98. The fourth-order valence-electron chi connectivity index (χ4n) is 2.68. The Hall–Kier alpha value is -1.61. The van der Waals surface area contributed by atoms with Gasteiger partial charge in [-0.1, -0.05) is 30.3 Å². The van der Waals surface area contributed by atoms with E-state index in [1.54, 1.807) is 0 Å². The lowest BCUT2D eigenvalue weighted by Gasteiger charge is -2.32. The van der Waals surface area contributed by atoms with Crippen LogP contribution in [0.3, 0.4) is 0 Å². The topological polar surface area (TPSA) is 21.1 Å². The highest BCUT2D eigenvalue weighted by Gasteiger charge is 2.20. The van der Waals surface area contributed by atoms with Crippen LogP contribution >= 0.6 is 0 Å². The van der Waals surface area contributed by atoms with Gasteiger partial charge in [-0.25, -0.2) is 0 Å². The minimum Gasteiger partial charge on any atom is -0.299 e. The van der Waals surface area contributed by atoms with Gasteiger partial charge in [0.1, 0.15) is 0 Å². The molecule has 2 heterocycles. The highest BCUT2D eigenvalue weighted by molar-refractivity contribution is 5.14. The number of hydrogen-bond donors (Lipinski definition) is 0. The zero-order valence-electron chi connectivity index (χ0n) is 10.6. The Kier molecular flexibility index (Phi) is 3.42. The SMILES string of the molecule is c1ccc(CN2CCC(n3cccn3)CC2)cc1. The van der Waals surface area contributed by atoms with Gasteiger partial charge in [0.05, 0.1) is 6.04 Å². The number of benzene rings is 1. The van der Waals surface area contributed by atoms with Crippen LogP contribution in [0.4, 0.5) is 0 Å². The number of hydrogen-bond acceptors (Lipinski definition) is 2. The average molecular weight is 241 g/mol. The lowest BCUT2D eigenvalue weighted by molar-refractivity contribution is 0.173. The molecule has 18 heavy (non-hydrogen) atoms. The molecular weight excluding hydrogens is 222 g/mol. The van der Waals surface area contributed by atoms with Gasteiger partial charge in [0.15, 0.2) is 0 Å². The van der Waals surface area contributed by atoms with Gasteiger partial charge >= 0.3 is 0 Å².